The fraction of sp³-hybridized carbons (Fsp3) is 0.304. The highest BCUT2D eigenvalue weighted by molar-refractivity contribution is 6.00. The Kier molecular flexibility index (Phi) is 7.12. The summed E-state index contributed by atoms with van der Waals surface area (Å²) in [7, 11) is 1.40. The van der Waals surface area contributed by atoms with Crippen LogP contribution in [0.2, 0.25) is 0 Å². The molecule has 3 aromatic rings. The van der Waals surface area contributed by atoms with Crippen LogP contribution in [0.5, 0.6) is 0 Å². The summed E-state index contributed by atoms with van der Waals surface area (Å²) in [6, 6.07) is 14.8. The van der Waals surface area contributed by atoms with Crippen LogP contribution in [0.15, 0.2) is 59.1 Å². The van der Waals surface area contributed by atoms with Crippen molar-refractivity contribution in [3.63, 3.8) is 0 Å². The van der Waals surface area contributed by atoms with Crippen LogP contribution in [0.3, 0.4) is 0 Å². The molecule has 0 unspecified atom stereocenters. The van der Waals surface area contributed by atoms with Crippen molar-refractivity contribution >= 4 is 5.91 Å². The van der Waals surface area contributed by atoms with Crippen LogP contribution in [0, 0.1) is 6.92 Å². The van der Waals surface area contributed by atoms with Crippen molar-refractivity contribution < 1.29 is 22.4 Å². The lowest BCUT2D eigenvalue weighted by Gasteiger charge is -2.18. The van der Waals surface area contributed by atoms with Gasteiger partial charge in [0, 0.05) is 17.7 Å². The molecule has 0 fully saturated rings. The highest BCUT2D eigenvalue weighted by Crippen LogP contribution is 2.28. The molecule has 0 aliphatic carbocycles. The van der Waals surface area contributed by atoms with Crippen molar-refractivity contribution in [3.8, 4) is 22.8 Å². The lowest BCUT2D eigenvalue weighted by atomic mass is 10.1. The largest absolute Gasteiger partial charge is 0.436 e. The molecule has 0 aliphatic heterocycles. The number of oxazole rings is 1. The first-order valence-corrected chi connectivity index (χ1v) is 9.89. The molecule has 0 saturated carbocycles. The van der Waals surface area contributed by atoms with Crippen molar-refractivity contribution in [1.82, 2.24) is 15.2 Å². The molecule has 1 amide bonds. The predicted octanol–water partition coefficient (Wildman–Crippen LogP) is 4.93. The lowest BCUT2D eigenvalue weighted by Crippen LogP contribution is -2.33. The minimum atomic E-state index is -4.23. The molecule has 1 N–H and O–H groups in total. The van der Waals surface area contributed by atoms with E-state index in [2.05, 4.69) is 10.3 Å². The standard InChI is InChI=1S/C23H24F3N3O2/c1-16-8-10-17(11-9-16)20-14-28-22(31-20)19-7-4-3-6-18(19)21(30)27-12-5-13-29(2)15-23(24,25)26/h3-4,6-11,14H,5,12-13,15H2,1-2H3,(H,27,30). The second-order valence-electron chi connectivity index (χ2n) is 7.40. The number of halogens is 3. The Bertz CT molecular complexity index is 1010. The van der Waals surface area contributed by atoms with E-state index in [1.807, 2.05) is 31.2 Å². The zero-order valence-corrected chi connectivity index (χ0v) is 17.4. The number of aryl methyl sites for hydroxylation is 1. The first-order valence-electron chi connectivity index (χ1n) is 9.89. The topological polar surface area (TPSA) is 58.4 Å². The van der Waals surface area contributed by atoms with Crippen LogP contribution < -0.4 is 5.32 Å². The Morgan fingerprint density at radius 3 is 2.55 bits per heavy atom. The van der Waals surface area contributed by atoms with E-state index >= 15 is 0 Å². The van der Waals surface area contributed by atoms with Crippen molar-refractivity contribution in [2.24, 2.45) is 0 Å². The summed E-state index contributed by atoms with van der Waals surface area (Å²) in [5, 5.41) is 2.76. The monoisotopic (exact) mass is 431 g/mol. The van der Waals surface area contributed by atoms with E-state index in [9.17, 15) is 18.0 Å². The van der Waals surface area contributed by atoms with E-state index in [4.69, 9.17) is 4.42 Å². The maximum Gasteiger partial charge on any atom is 0.401 e. The van der Waals surface area contributed by atoms with Crippen LogP contribution in [0.1, 0.15) is 22.3 Å². The Hall–Kier alpha value is -3.13. The summed E-state index contributed by atoms with van der Waals surface area (Å²) >= 11 is 0. The number of carbonyl (C=O) groups excluding carboxylic acids is 1. The summed E-state index contributed by atoms with van der Waals surface area (Å²) in [5.41, 5.74) is 2.96. The van der Waals surface area contributed by atoms with Crippen LogP contribution in [-0.2, 0) is 0 Å². The number of carbonyl (C=O) groups is 1. The SMILES string of the molecule is Cc1ccc(-c2cnc(-c3ccccc3C(=O)NCCCN(C)CC(F)(F)F)o2)cc1. The fourth-order valence-electron chi connectivity index (χ4n) is 3.15. The third kappa shape index (κ3) is 6.42. The summed E-state index contributed by atoms with van der Waals surface area (Å²) < 4.78 is 43.0. The number of nitrogens with one attached hydrogen (secondary N) is 1. The molecule has 1 aromatic heterocycles. The molecule has 0 radical (unpaired) electrons. The number of aromatic nitrogens is 1. The first kappa shape index (κ1) is 22.6. The molecule has 0 bridgehead atoms. The molecule has 0 saturated heterocycles. The van der Waals surface area contributed by atoms with Crippen molar-refractivity contribution in [3.05, 3.63) is 65.9 Å². The van der Waals surface area contributed by atoms with Gasteiger partial charge in [-0.1, -0.05) is 42.0 Å². The van der Waals surface area contributed by atoms with E-state index in [1.54, 1.807) is 30.5 Å². The second kappa shape index (κ2) is 9.78. The van der Waals surface area contributed by atoms with Crippen LogP contribution >= 0.6 is 0 Å². The van der Waals surface area contributed by atoms with Gasteiger partial charge in [-0.15, -0.1) is 0 Å². The predicted molar refractivity (Wildman–Crippen MR) is 113 cm³/mol. The third-order valence-corrected chi connectivity index (χ3v) is 4.70. The molecule has 0 aliphatic rings. The van der Waals surface area contributed by atoms with Gasteiger partial charge in [-0.3, -0.25) is 9.69 Å². The zero-order valence-electron chi connectivity index (χ0n) is 17.4. The number of hydrogen-bond acceptors (Lipinski definition) is 4. The van der Waals surface area contributed by atoms with Crippen LogP contribution in [-0.4, -0.2) is 48.6 Å². The summed E-state index contributed by atoms with van der Waals surface area (Å²) in [6.07, 6.45) is -2.22. The number of benzene rings is 2. The Labute approximate surface area is 178 Å². The molecule has 164 valence electrons. The highest BCUT2D eigenvalue weighted by atomic mass is 19.4. The summed E-state index contributed by atoms with van der Waals surface area (Å²) in [6.45, 7) is 1.51. The van der Waals surface area contributed by atoms with Gasteiger partial charge in [0.2, 0.25) is 5.89 Å². The van der Waals surface area contributed by atoms with E-state index in [-0.39, 0.29) is 19.0 Å². The second-order valence-corrected chi connectivity index (χ2v) is 7.40. The molecule has 0 spiro atoms. The summed E-state index contributed by atoms with van der Waals surface area (Å²) in [5.74, 6) is 0.591. The fourth-order valence-corrected chi connectivity index (χ4v) is 3.15. The number of alkyl halides is 3. The number of nitrogens with zero attached hydrogens (tertiary/aromatic N) is 2. The average molecular weight is 431 g/mol. The highest BCUT2D eigenvalue weighted by Gasteiger charge is 2.28. The normalized spacial score (nSPS) is 11.7. The average Bonchev–Trinajstić information content (AvgIpc) is 3.20. The Morgan fingerprint density at radius 1 is 1.13 bits per heavy atom. The van der Waals surface area contributed by atoms with Gasteiger partial charge < -0.3 is 9.73 Å². The van der Waals surface area contributed by atoms with Crippen molar-refractivity contribution in [2.45, 2.75) is 19.5 Å². The van der Waals surface area contributed by atoms with E-state index in [0.29, 0.717) is 29.2 Å². The number of hydrogen-bond donors (Lipinski definition) is 1. The van der Waals surface area contributed by atoms with Crippen LogP contribution in [0.4, 0.5) is 13.2 Å². The van der Waals surface area contributed by atoms with Gasteiger partial charge >= 0.3 is 6.18 Å². The van der Waals surface area contributed by atoms with Crippen molar-refractivity contribution in [2.75, 3.05) is 26.7 Å². The minimum absolute atomic E-state index is 0.223. The van der Waals surface area contributed by atoms with Gasteiger partial charge in [-0.05, 0) is 39.1 Å². The first-order chi connectivity index (χ1) is 14.7. The van der Waals surface area contributed by atoms with Gasteiger partial charge in [0.25, 0.3) is 5.91 Å². The Morgan fingerprint density at radius 2 is 1.84 bits per heavy atom. The Balaban J connectivity index is 1.64. The minimum Gasteiger partial charge on any atom is -0.436 e. The molecule has 8 heteroatoms. The molecule has 3 rings (SSSR count). The lowest BCUT2D eigenvalue weighted by molar-refractivity contribution is -0.143. The molecular weight excluding hydrogens is 407 g/mol. The maximum atomic E-state index is 12.7. The molecule has 31 heavy (non-hydrogen) atoms. The van der Waals surface area contributed by atoms with Gasteiger partial charge in [0.1, 0.15) is 0 Å². The summed E-state index contributed by atoms with van der Waals surface area (Å²) in [4.78, 5) is 18.2. The van der Waals surface area contributed by atoms with E-state index in [1.165, 1.54) is 11.9 Å². The quantitative estimate of drug-likeness (QED) is 0.514. The van der Waals surface area contributed by atoms with Crippen LogP contribution in [0.25, 0.3) is 22.8 Å². The molecule has 5 nitrogen and oxygen atoms in total. The molecular formula is C23H24F3N3O2. The van der Waals surface area contributed by atoms with Gasteiger partial charge in [0.15, 0.2) is 5.76 Å². The van der Waals surface area contributed by atoms with Gasteiger partial charge in [0.05, 0.1) is 18.3 Å². The molecule has 1 heterocycles. The smallest absolute Gasteiger partial charge is 0.401 e. The molecule has 0 atom stereocenters. The maximum absolute atomic E-state index is 12.7. The van der Waals surface area contributed by atoms with E-state index in [0.717, 1.165) is 11.1 Å². The molecule has 2 aromatic carbocycles. The number of amides is 1. The van der Waals surface area contributed by atoms with Gasteiger partial charge in [-0.2, -0.15) is 13.2 Å². The van der Waals surface area contributed by atoms with Crippen molar-refractivity contribution in [1.29, 1.82) is 0 Å². The third-order valence-electron chi connectivity index (χ3n) is 4.70. The van der Waals surface area contributed by atoms with Gasteiger partial charge in [-0.25, -0.2) is 4.98 Å². The zero-order chi connectivity index (χ0) is 22.4. The van der Waals surface area contributed by atoms with E-state index < -0.39 is 12.7 Å². The number of rotatable bonds is 8.